The highest BCUT2D eigenvalue weighted by atomic mass is 35.5. The maximum Gasteiger partial charge on any atom is 0.179 e. The molecule has 1 unspecified atom stereocenters. The molecule has 0 aromatic heterocycles. The summed E-state index contributed by atoms with van der Waals surface area (Å²) in [6.45, 7) is 1.84. The largest absolute Gasteiger partial charge is 0.321 e. The van der Waals surface area contributed by atoms with Gasteiger partial charge < -0.3 is 5.73 Å². The second kappa shape index (κ2) is 5.73. The van der Waals surface area contributed by atoms with Crippen LogP contribution in [0.15, 0.2) is 24.3 Å². The predicted molar refractivity (Wildman–Crippen MR) is 56.2 cm³/mol. The molecule has 0 amide bonds. The monoisotopic (exact) mass is 217 g/mol. The highest BCUT2D eigenvalue weighted by Crippen LogP contribution is 2.06. The van der Waals surface area contributed by atoms with E-state index in [1.54, 1.807) is 0 Å². The zero-order valence-corrected chi connectivity index (χ0v) is 8.68. The number of rotatable bonds is 3. The van der Waals surface area contributed by atoms with Crippen LogP contribution in [0.5, 0.6) is 0 Å². The molecule has 0 fully saturated rings. The second-order valence-electron chi connectivity index (χ2n) is 2.89. The van der Waals surface area contributed by atoms with Gasteiger partial charge in [0.25, 0.3) is 0 Å². The third-order valence-corrected chi connectivity index (χ3v) is 1.91. The van der Waals surface area contributed by atoms with E-state index in [0.717, 1.165) is 0 Å². The highest BCUT2D eigenvalue weighted by molar-refractivity contribution is 5.99. The first-order valence-electron chi connectivity index (χ1n) is 4.20. The summed E-state index contributed by atoms with van der Waals surface area (Å²) in [6.07, 6.45) is 0.593. The van der Waals surface area contributed by atoms with Crippen molar-refractivity contribution < 1.29 is 9.18 Å². The van der Waals surface area contributed by atoms with Gasteiger partial charge in [0.05, 0.1) is 6.04 Å². The Hall–Kier alpha value is -0.930. The van der Waals surface area contributed by atoms with Gasteiger partial charge >= 0.3 is 0 Å². The molecule has 0 aliphatic rings. The Morgan fingerprint density at radius 3 is 2.36 bits per heavy atom. The molecule has 0 radical (unpaired) electrons. The molecule has 1 atom stereocenters. The Morgan fingerprint density at radius 1 is 1.43 bits per heavy atom. The molecule has 78 valence electrons. The summed E-state index contributed by atoms with van der Waals surface area (Å²) in [6, 6.07) is 4.94. The van der Waals surface area contributed by atoms with Gasteiger partial charge in [-0.25, -0.2) is 4.39 Å². The third-order valence-electron chi connectivity index (χ3n) is 1.91. The van der Waals surface area contributed by atoms with Crippen molar-refractivity contribution in [2.24, 2.45) is 5.73 Å². The quantitative estimate of drug-likeness (QED) is 0.789. The van der Waals surface area contributed by atoms with E-state index in [2.05, 4.69) is 0 Å². The highest BCUT2D eigenvalue weighted by Gasteiger charge is 2.12. The van der Waals surface area contributed by atoms with Crippen molar-refractivity contribution in [3.05, 3.63) is 35.6 Å². The van der Waals surface area contributed by atoms with Crippen molar-refractivity contribution in [3.63, 3.8) is 0 Å². The van der Waals surface area contributed by atoms with E-state index in [4.69, 9.17) is 5.73 Å². The number of benzene rings is 1. The number of nitrogens with two attached hydrogens (primary N) is 1. The van der Waals surface area contributed by atoms with Crippen LogP contribution in [-0.4, -0.2) is 11.8 Å². The van der Waals surface area contributed by atoms with Crippen molar-refractivity contribution in [1.82, 2.24) is 0 Å². The van der Waals surface area contributed by atoms with Crippen LogP contribution in [0.3, 0.4) is 0 Å². The van der Waals surface area contributed by atoms with Gasteiger partial charge in [-0.1, -0.05) is 6.92 Å². The van der Waals surface area contributed by atoms with Crippen molar-refractivity contribution in [3.8, 4) is 0 Å². The lowest BCUT2D eigenvalue weighted by Crippen LogP contribution is -2.29. The maximum absolute atomic E-state index is 12.5. The van der Waals surface area contributed by atoms with Gasteiger partial charge in [0.2, 0.25) is 0 Å². The molecular weight excluding hydrogens is 205 g/mol. The SMILES string of the molecule is CCC(N)C(=O)c1ccc(F)cc1.Cl. The molecule has 0 heterocycles. The van der Waals surface area contributed by atoms with Crippen LogP contribution in [0.2, 0.25) is 0 Å². The number of hydrogen-bond donors (Lipinski definition) is 1. The normalized spacial score (nSPS) is 11.6. The molecule has 2 N–H and O–H groups in total. The fourth-order valence-corrected chi connectivity index (χ4v) is 1.01. The molecule has 1 aromatic rings. The Kier molecular flexibility index (Phi) is 5.35. The number of ketones is 1. The van der Waals surface area contributed by atoms with E-state index in [0.29, 0.717) is 12.0 Å². The number of halogens is 2. The van der Waals surface area contributed by atoms with Gasteiger partial charge in [-0.15, -0.1) is 12.4 Å². The van der Waals surface area contributed by atoms with Gasteiger partial charge in [0.15, 0.2) is 5.78 Å². The minimum atomic E-state index is -0.481. The number of Topliss-reactive ketones (excluding diaryl/α,β-unsaturated/α-hetero) is 1. The number of carbonyl (C=O) groups is 1. The van der Waals surface area contributed by atoms with Crippen molar-refractivity contribution in [2.45, 2.75) is 19.4 Å². The molecule has 4 heteroatoms. The van der Waals surface area contributed by atoms with Crippen LogP contribution in [-0.2, 0) is 0 Å². The third kappa shape index (κ3) is 3.09. The number of carbonyl (C=O) groups excluding carboxylic acids is 1. The molecule has 0 bridgehead atoms. The van der Waals surface area contributed by atoms with E-state index >= 15 is 0 Å². The molecule has 0 saturated carbocycles. The fourth-order valence-electron chi connectivity index (χ4n) is 1.01. The second-order valence-corrected chi connectivity index (χ2v) is 2.89. The molecule has 1 rings (SSSR count). The Balaban J connectivity index is 0.00000169. The fraction of sp³-hybridized carbons (Fsp3) is 0.300. The van der Waals surface area contributed by atoms with Crippen LogP contribution >= 0.6 is 12.4 Å². The van der Waals surface area contributed by atoms with Crippen LogP contribution in [0.1, 0.15) is 23.7 Å². The van der Waals surface area contributed by atoms with E-state index in [1.165, 1.54) is 24.3 Å². The first-order valence-corrected chi connectivity index (χ1v) is 4.20. The summed E-state index contributed by atoms with van der Waals surface area (Å²) in [5.41, 5.74) is 6.01. The van der Waals surface area contributed by atoms with Crippen molar-refractivity contribution in [1.29, 1.82) is 0 Å². The molecule has 0 aliphatic carbocycles. The van der Waals surface area contributed by atoms with E-state index in [9.17, 15) is 9.18 Å². The van der Waals surface area contributed by atoms with E-state index in [-0.39, 0.29) is 24.0 Å². The van der Waals surface area contributed by atoms with Crippen molar-refractivity contribution >= 4 is 18.2 Å². The molecule has 0 aliphatic heterocycles. The van der Waals surface area contributed by atoms with Crippen LogP contribution < -0.4 is 5.73 Å². The van der Waals surface area contributed by atoms with Crippen molar-refractivity contribution in [2.75, 3.05) is 0 Å². The minimum absolute atomic E-state index is 0. The first-order chi connectivity index (χ1) is 6.15. The van der Waals surface area contributed by atoms with Gasteiger partial charge in [-0.2, -0.15) is 0 Å². The van der Waals surface area contributed by atoms with Gasteiger partial charge in [0, 0.05) is 5.56 Å². The lowest BCUT2D eigenvalue weighted by atomic mass is 10.0. The zero-order chi connectivity index (χ0) is 9.84. The molecule has 14 heavy (non-hydrogen) atoms. The van der Waals surface area contributed by atoms with Crippen LogP contribution in [0.4, 0.5) is 4.39 Å². The summed E-state index contributed by atoms with van der Waals surface area (Å²) >= 11 is 0. The van der Waals surface area contributed by atoms with Crippen LogP contribution in [0.25, 0.3) is 0 Å². The summed E-state index contributed by atoms with van der Waals surface area (Å²) in [5, 5.41) is 0. The molecule has 2 nitrogen and oxygen atoms in total. The topological polar surface area (TPSA) is 43.1 Å². The van der Waals surface area contributed by atoms with Crippen LogP contribution in [0, 0.1) is 5.82 Å². The Bertz CT molecular complexity index is 299. The summed E-state index contributed by atoms with van der Waals surface area (Å²) in [7, 11) is 0. The van der Waals surface area contributed by atoms with Gasteiger partial charge in [0.1, 0.15) is 5.82 Å². The minimum Gasteiger partial charge on any atom is -0.321 e. The van der Waals surface area contributed by atoms with Gasteiger partial charge in [-0.05, 0) is 30.7 Å². The first kappa shape index (κ1) is 13.1. The molecule has 1 aromatic carbocycles. The van der Waals surface area contributed by atoms with Gasteiger partial charge in [-0.3, -0.25) is 4.79 Å². The summed E-state index contributed by atoms with van der Waals surface area (Å²) in [5.74, 6) is -0.482. The zero-order valence-electron chi connectivity index (χ0n) is 7.87. The number of hydrogen-bond acceptors (Lipinski definition) is 2. The average Bonchev–Trinajstić information content (AvgIpc) is 2.17. The lowest BCUT2D eigenvalue weighted by molar-refractivity contribution is 0.0959. The molecular formula is C10H13ClFNO. The Labute approximate surface area is 88.7 Å². The maximum atomic E-state index is 12.5. The Morgan fingerprint density at radius 2 is 1.93 bits per heavy atom. The smallest absolute Gasteiger partial charge is 0.179 e. The molecule has 0 saturated heterocycles. The lowest BCUT2D eigenvalue weighted by Gasteiger charge is -2.06. The van der Waals surface area contributed by atoms with E-state index in [1.807, 2.05) is 6.92 Å². The molecule has 0 spiro atoms. The van der Waals surface area contributed by atoms with E-state index < -0.39 is 6.04 Å². The average molecular weight is 218 g/mol. The standard InChI is InChI=1S/C10H12FNO.ClH/c1-2-9(12)10(13)7-3-5-8(11)6-4-7;/h3-6,9H,2,12H2,1H3;1H. The predicted octanol–water partition coefficient (Wildman–Crippen LogP) is 2.17. The summed E-state index contributed by atoms with van der Waals surface area (Å²) in [4.78, 5) is 11.4. The summed E-state index contributed by atoms with van der Waals surface area (Å²) < 4.78 is 12.5.